The number of rotatable bonds is 14. The molecule has 7 rings (SSSR count). The largest absolute Gasteiger partial charge is 2.00 e. The van der Waals surface area contributed by atoms with Gasteiger partial charge in [0.15, 0.2) is 24.3 Å². The molecule has 22 heteroatoms. The van der Waals surface area contributed by atoms with E-state index in [0.717, 1.165) is 25.7 Å². The Balaban J connectivity index is 0. The van der Waals surface area contributed by atoms with Crippen molar-refractivity contribution in [3.8, 4) is 0 Å². The van der Waals surface area contributed by atoms with E-state index in [1.54, 1.807) is 69.3 Å². The number of carbonyl (C=O) groups is 7. The van der Waals surface area contributed by atoms with Crippen molar-refractivity contribution in [2.24, 2.45) is 5.92 Å². The first kappa shape index (κ1) is 68.7. The van der Waals surface area contributed by atoms with Crippen molar-refractivity contribution >= 4 is 121 Å². The summed E-state index contributed by atoms with van der Waals surface area (Å²) in [6.45, 7) is 6.76. The van der Waals surface area contributed by atoms with Gasteiger partial charge >= 0.3 is 64.0 Å². The molecule has 4 atom stereocenters. The Morgan fingerprint density at radius 3 is 1.14 bits per heavy atom. The van der Waals surface area contributed by atoms with E-state index >= 15 is 0 Å². The van der Waals surface area contributed by atoms with Crippen molar-refractivity contribution in [3.63, 3.8) is 0 Å². The molecule has 1 aliphatic carbocycles. The number of furan rings is 4. The summed E-state index contributed by atoms with van der Waals surface area (Å²) in [6, 6.07) is 21.1. The maximum Gasteiger partial charge on any atom is 2.00 e. The number of carbonyl (C=O) groups excluding carboxylic acids is 7. The number of hydrogen-bond acceptors (Lipinski definition) is 15. The molecular formula is C49H47Cl5Mg2O15. The Bertz CT molecular complexity index is 2370. The molecule has 4 heterocycles. The van der Waals surface area contributed by atoms with Crippen LogP contribution in [0.1, 0.15) is 162 Å². The van der Waals surface area contributed by atoms with E-state index in [-0.39, 0.29) is 118 Å². The molecular weight excluding hydrogens is 1050 g/mol. The number of esters is 3. The molecule has 0 saturated heterocycles. The van der Waals surface area contributed by atoms with Crippen LogP contribution in [0.25, 0.3) is 0 Å². The van der Waals surface area contributed by atoms with Crippen molar-refractivity contribution in [2.45, 2.75) is 77.8 Å². The van der Waals surface area contributed by atoms with Crippen molar-refractivity contribution < 1.29 is 95.4 Å². The average molecular weight is 1100 g/mol. The molecule has 0 spiro atoms. The SMILES string of the molecule is CC(OC(=O)c1cc(C(=O)OC(C)c2ccco2)cc(C(=O)OC(C)C2CCCC2)c1)c1ccco1.CC([O-])c1ccco1.O=C(Cl)c1cc(C(=O)Cl)cc(C(=O)Cl)c1.O=Cc1ccco1.[CH3-].[Cl-].[Cl-].[Mg+2].[Mg+2]. The Hall–Kier alpha value is -4.41. The van der Waals surface area contributed by atoms with Crippen LogP contribution in [-0.2, 0) is 14.2 Å². The molecule has 0 radical (unpaired) electrons. The number of halogens is 5. The molecule has 15 nitrogen and oxygen atoms in total. The van der Waals surface area contributed by atoms with Crippen LogP contribution < -0.4 is 29.9 Å². The Labute approximate surface area is 470 Å². The first-order valence-corrected chi connectivity index (χ1v) is 21.4. The van der Waals surface area contributed by atoms with Crippen LogP contribution in [0.4, 0.5) is 0 Å². The molecule has 0 aliphatic heterocycles. The maximum absolute atomic E-state index is 13.0. The second-order valence-electron chi connectivity index (χ2n) is 14.5. The normalized spacial score (nSPS) is 12.7. The number of ether oxygens (including phenoxy) is 3. The summed E-state index contributed by atoms with van der Waals surface area (Å²) in [5.41, 5.74) is 0.0898. The summed E-state index contributed by atoms with van der Waals surface area (Å²) in [4.78, 5) is 81.3. The van der Waals surface area contributed by atoms with Gasteiger partial charge in [0.2, 0.25) is 0 Å². The van der Waals surface area contributed by atoms with Gasteiger partial charge in [0.25, 0.3) is 15.7 Å². The fraction of sp³-hybridized carbons (Fsp3) is 0.265. The standard InChI is InChI=1S/C28H30O8.C9H3Cl3O3.C6H7O2.C5H4O2.CH3.2ClH.2Mg/c1-17(20-8-4-5-9-20)34-26(29)21-14-22(27(30)35-18(2)24-10-6-12-32-24)16-23(15-21)28(31)36-19(3)25-11-7-13-33-25;10-7(13)4-1-5(8(11)14)3-6(2-4)9(12)15;1-5(7)6-3-2-4-8-6;6-4-5-2-1-3-7-5;;;;;/h6-7,10-20H,4-5,8-9H2,1-3H3;1-3H;2-5H,1H3;1-4H;1H3;2*1H;;/q;;-1;;-1;;;2*+2/p-2. The van der Waals surface area contributed by atoms with Gasteiger partial charge in [0.05, 0.1) is 47.5 Å². The summed E-state index contributed by atoms with van der Waals surface area (Å²) in [5.74, 6) is 0.0690. The van der Waals surface area contributed by atoms with Crippen LogP contribution in [-0.4, -0.2) is 92.1 Å². The topological polar surface area (TPSA) is 223 Å². The quantitative estimate of drug-likeness (QED) is 0.0358. The van der Waals surface area contributed by atoms with Gasteiger partial charge in [0, 0.05) is 16.7 Å². The molecule has 1 saturated carbocycles. The molecule has 372 valence electrons. The van der Waals surface area contributed by atoms with E-state index in [2.05, 4.69) is 4.42 Å². The van der Waals surface area contributed by atoms with E-state index in [1.807, 2.05) is 6.92 Å². The van der Waals surface area contributed by atoms with Gasteiger partial charge in [-0.05, 0) is 159 Å². The van der Waals surface area contributed by atoms with Crippen LogP contribution in [0.2, 0.25) is 0 Å². The van der Waals surface area contributed by atoms with Gasteiger partial charge in [-0.25, -0.2) is 14.4 Å². The van der Waals surface area contributed by atoms with E-state index in [4.69, 9.17) is 62.3 Å². The van der Waals surface area contributed by atoms with Crippen LogP contribution in [0, 0.1) is 13.3 Å². The van der Waals surface area contributed by atoms with Crippen LogP contribution in [0.5, 0.6) is 0 Å². The molecule has 71 heavy (non-hydrogen) atoms. The minimum absolute atomic E-state index is 0. The summed E-state index contributed by atoms with van der Waals surface area (Å²) in [5, 5.41) is 8.10. The van der Waals surface area contributed by atoms with Gasteiger partial charge in [-0.3, -0.25) is 19.2 Å². The van der Waals surface area contributed by atoms with Crippen LogP contribution in [0.3, 0.4) is 0 Å². The van der Waals surface area contributed by atoms with Crippen molar-refractivity contribution in [1.29, 1.82) is 0 Å². The van der Waals surface area contributed by atoms with Crippen LogP contribution >= 0.6 is 34.8 Å². The third kappa shape index (κ3) is 22.5. The van der Waals surface area contributed by atoms with Crippen molar-refractivity contribution in [2.75, 3.05) is 0 Å². The maximum atomic E-state index is 13.0. The molecule has 6 aromatic rings. The molecule has 1 aliphatic rings. The second kappa shape index (κ2) is 34.9. The van der Waals surface area contributed by atoms with Gasteiger partial charge in [-0.15, -0.1) is 0 Å². The van der Waals surface area contributed by atoms with E-state index in [1.165, 1.54) is 61.5 Å². The number of aldehydes is 1. The average Bonchev–Trinajstić information content (AvgIpc) is 4.16. The van der Waals surface area contributed by atoms with Gasteiger partial charge in [0.1, 0.15) is 17.6 Å². The first-order valence-electron chi connectivity index (χ1n) is 20.2. The summed E-state index contributed by atoms with van der Waals surface area (Å²) < 4.78 is 36.7. The van der Waals surface area contributed by atoms with E-state index < -0.39 is 51.9 Å². The summed E-state index contributed by atoms with van der Waals surface area (Å²) in [6.07, 6.45) is 8.51. The van der Waals surface area contributed by atoms with Crippen LogP contribution in [0.15, 0.2) is 128 Å². The van der Waals surface area contributed by atoms with Gasteiger partial charge in [-0.1, -0.05) is 25.9 Å². The second-order valence-corrected chi connectivity index (χ2v) is 15.5. The zero-order chi connectivity index (χ0) is 48.3. The van der Waals surface area contributed by atoms with Crippen molar-refractivity contribution in [1.82, 2.24) is 0 Å². The Morgan fingerprint density at radius 1 is 0.549 bits per heavy atom. The van der Waals surface area contributed by atoms with Crippen molar-refractivity contribution in [3.05, 3.63) is 174 Å². The minimum atomic E-state index is -0.797. The van der Waals surface area contributed by atoms with E-state index in [0.29, 0.717) is 35.2 Å². The molecule has 4 aromatic heterocycles. The number of hydrogen-bond donors (Lipinski definition) is 0. The van der Waals surface area contributed by atoms with Gasteiger partial charge < -0.3 is 69.2 Å². The summed E-state index contributed by atoms with van der Waals surface area (Å²) >= 11 is 15.6. The fourth-order valence-corrected chi connectivity index (χ4v) is 6.54. The Kier molecular flexibility index (Phi) is 33.7. The zero-order valence-corrected chi connectivity index (χ0v) is 45.7. The zero-order valence-electron chi connectivity index (χ0n) is 39.1. The molecule has 0 N–H and O–H groups in total. The Morgan fingerprint density at radius 2 is 0.873 bits per heavy atom. The third-order valence-electron chi connectivity index (χ3n) is 9.67. The predicted octanol–water partition coefficient (Wildman–Crippen LogP) is 4.76. The smallest absolute Gasteiger partial charge is 1.00 e. The first-order chi connectivity index (χ1) is 31.5. The number of benzene rings is 2. The minimum Gasteiger partial charge on any atom is -1.00 e. The summed E-state index contributed by atoms with van der Waals surface area (Å²) in [7, 11) is 0. The van der Waals surface area contributed by atoms with E-state index in [9.17, 15) is 38.7 Å². The fourth-order valence-electron chi connectivity index (χ4n) is 6.21. The molecule has 0 bridgehead atoms. The molecule has 4 unspecified atom stereocenters. The third-order valence-corrected chi connectivity index (χ3v) is 10.3. The monoisotopic (exact) mass is 1100 g/mol. The molecule has 2 aromatic carbocycles. The molecule has 0 amide bonds. The predicted molar refractivity (Wildman–Crippen MR) is 254 cm³/mol. The van der Waals surface area contributed by atoms with Gasteiger partial charge in [-0.2, -0.15) is 0 Å². The molecule has 1 fully saturated rings.